The van der Waals surface area contributed by atoms with Crippen LogP contribution in [0, 0.1) is 6.92 Å². The molecule has 26 heavy (non-hydrogen) atoms. The molecule has 1 heterocycles. The minimum Gasteiger partial charge on any atom is -0.349 e. The maximum Gasteiger partial charge on any atom is 0.318 e. The predicted molar refractivity (Wildman–Crippen MR) is 98.1 cm³/mol. The number of H-pyrrole nitrogens is 1. The van der Waals surface area contributed by atoms with Crippen molar-refractivity contribution in [3.63, 3.8) is 0 Å². The quantitative estimate of drug-likeness (QED) is 0.673. The van der Waals surface area contributed by atoms with E-state index in [0.717, 1.165) is 37.3 Å². The number of carbonyl (C=O) groups excluding carboxylic acids is 2. The number of aromatic amines is 1. The van der Waals surface area contributed by atoms with Gasteiger partial charge in [-0.3, -0.25) is 9.89 Å². The van der Waals surface area contributed by atoms with E-state index < -0.39 is 0 Å². The first-order chi connectivity index (χ1) is 12.5. The Morgan fingerprint density at radius 1 is 1.12 bits per heavy atom. The van der Waals surface area contributed by atoms with E-state index >= 15 is 0 Å². The van der Waals surface area contributed by atoms with Crippen LogP contribution in [0.4, 0.5) is 10.5 Å². The number of anilines is 1. The van der Waals surface area contributed by atoms with Crippen molar-refractivity contribution in [2.45, 2.75) is 44.6 Å². The number of hydrogen-bond acceptors (Lipinski definition) is 4. The number of nitrogens with zero attached hydrogens (tertiary/aromatic N) is 2. The van der Waals surface area contributed by atoms with E-state index in [1.807, 2.05) is 6.92 Å². The predicted octanol–water partition coefficient (Wildman–Crippen LogP) is 2.32. The summed E-state index contributed by atoms with van der Waals surface area (Å²) in [6, 6.07) is 6.73. The third-order valence-electron chi connectivity index (χ3n) is 4.67. The largest absolute Gasteiger partial charge is 0.349 e. The first-order valence-electron chi connectivity index (χ1n) is 8.83. The molecule has 3 amide bonds. The van der Waals surface area contributed by atoms with Gasteiger partial charge >= 0.3 is 6.03 Å². The van der Waals surface area contributed by atoms with E-state index in [-0.39, 0.29) is 18.0 Å². The summed E-state index contributed by atoms with van der Waals surface area (Å²) in [6.45, 7) is 1.90. The van der Waals surface area contributed by atoms with Crippen LogP contribution >= 0.6 is 0 Å². The molecule has 1 aliphatic rings. The second kappa shape index (κ2) is 7.99. The van der Waals surface area contributed by atoms with Crippen molar-refractivity contribution in [2.75, 3.05) is 12.4 Å². The van der Waals surface area contributed by atoms with Gasteiger partial charge in [0, 0.05) is 30.3 Å². The zero-order valence-electron chi connectivity index (χ0n) is 15.0. The number of hydrogen-bond donors (Lipinski definition) is 4. The zero-order valence-corrected chi connectivity index (χ0v) is 15.0. The van der Waals surface area contributed by atoms with Gasteiger partial charge < -0.3 is 16.0 Å². The van der Waals surface area contributed by atoms with E-state index in [0.29, 0.717) is 17.2 Å². The molecule has 0 aliphatic heterocycles. The fraction of sp³-hybridized carbons (Fsp3) is 0.444. The van der Waals surface area contributed by atoms with Gasteiger partial charge in [0.15, 0.2) is 5.82 Å². The molecule has 0 spiro atoms. The Labute approximate surface area is 152 Å². The van der Waals surface area contributed by atoms with Crippen LogP contribution in [0.1, 0.15) is 53.6 Å². The molecule has 0 atom stereocenters. The maximum atomic E-state index is 12.4. The van der Waals surface area contributed by atoms with Crippen LogP contribution in [0.3, 0.4) is 0 Å². The molecule has 1 fully saturated rings. The molecule has 0 bridgehead atoms. The van der Waals surface area contributed by atoms with Crippen LogP contribution in [0.5, 0.6) is 0 Å². The fourth-order valence-corrected chi connectivity index (χ4v) is 3.21. The summed E-state index contributed by atoms with van der Waals surface area (Å²) in [5.74, 6) is 1.99. The summed E-state index contributed by atoms with van der Waals surface area (Å²) in [5.41, 5.74) is 1.22. The van der Waals surface area contributed by atoms with Gasteiger partial charge in [-0.2, -0.15) is 5.10 Å². The minimum atomic E-state index is -0.291. The molecule has 0 saturated heterocycles. The van der Waals surface area contributed by atoms with Crippen molar-refractivity contribution >= 4 is 17.6 Å². The number of amides is 3. The van der Waals surface area contributed by atoms with Crippen LogP contribution in [0.25, 0.3) is 0 Å². The van der Waals surface area contributed by atoms with E-state index in [1.54, 1.807) is 31.3 Å². The van der Waals surface area contributed by atoms with Gasteiger partial charge in [-0.25, -0.2) is 9.78 Å². The number of urea groups is 1. The molecule has 1 saturated carbocycles. The lowest BCUT2D eigenvalue weighted by Gasteiger charge is -2.27. The average molecular weight is 356 g/mol. The number of carbonyl (C=O) groups is 2. The Kier molecular flexibility index (Phi) is 5.50. The summed E-state index contributed by atoms with van der Waals surface area (Å²) >= 11 is 0. The monoisotopic (exact) mass is 356 g/mol. The van der Waals surface area contributed by atoms with Gasteiger partial charge in [0.25, 0.3) is 5.91 Å². The number of aryl methyl sites for hydroxylation is 1. The van der Waals surface area contributed by atoms with E-state index in [2.05, 4.69) is 31.1 Å². The maximum absolute atomic E-state index is 12.4. The topological polar surface area (TPSA) is 112 Å². The summed E-state index contributed by atoms with van der Waals surface area (Å²) in [4.78, 5) is 28.1. The number of rotatable bonds is 4. The van der Waals surface area contributed by atoms with E-state index in [1.165, 1.54) is 0 Å². The Morgan fingerprint density at radius 3 is 2.38 bits per heavy atom. The first kappa shape index (κ1) is 17.9. The lowest BCUT2D eigenvalue weighted by molar-refractivity contribution is 0.0925. The van der Waals surface area contributed by atoms with Crippen LogP contribution in [-0.4, -0.2) is 40.2 Å². The SMILES string of the molecule is CNC(=O)Nc1ccc(C(=O)NC2CCC(c3n[nH]c(C)n3)CC2)cc1. The third kappa shape index (κ3) is 4.38. The first-order valence-corrected chi connectivity index (χ1v) is 8.83. The zero-order chi connectivity index (χ0) is 18.5. The van der Waals surface area contributed by atoms with Crippen molar-refractivity contribution in [2.24, 2.45) is 0 Å². The molecule has 0 unspecified atom stereocenters. The molecule has 3 rings (SSSR count). The van der Waals surface area contributed by atoms with Crippen molar-refractivity contribution in [3.05, 3.63) is 41.5 Å². The van der Waals surface area contributed by atoms with Crippen LogP contribution in [0.2, 0.25) is 0 Å². The number of nitrogens with one attached hydrogen (secondary N) is 4. The van der Waals surface area contributed by atoms with Crippen LogP contribution in [0.15, 0.2) is 24.3 Å². The van der Waals surface area contributed by atoms with Gasteiger partial charge in [-0.05, 0) is 56.9 Å². The standard InChI is InChI=1S/C18H24N6O2/c1-11-20-16(24-23-11)12-3-7-14(8-4-12)21-17(25)13-5-9-15(10-6-13)22-18(26)19-2/h5-6,9-10,12,14H,3-4,7-8H2,1-2H3,(H,21,25)(H2,19,22,26)(H,20,23,24). The molecule has 8 nitrogen and oxygen atoms in total. The second-order valence-electron chi connectivity index (χ2n) is 6.58. The van der Waals surface area contributed by atoms with Crippen molar-refractivity contribution < 1.29 is 9.59 Å². The summed E-state index contributed by atoms with van der Waals surface area (Å²) in [5, 5.41) is 15.4. The van der Waals surface area contributed by atoms with Gasteiger partial charge in [0.1, 0.15) is 5.82 Å². The number of benzene rings is 1. The Balaban J connectivity index is 1.50. The summed E-state index contributed by atoms with van der Waals surface area (Å²) in [7, 11) is 1.55. The highest BCUT2D eigenvalue weighted by atomic mass is 16.2. The molecule has 0 radical (unpaired) electrons. The molecule has 2 aromatic rings. The lowest BCUT2D eigenvalue weighted by atomic mass is 9.85. The Morgan fingerprint density at radius 2 is 1.81 bits per heavy atom. The molecule has 1 aromatic carbocycles. The van der Waals surface area contributed by atoms with Crippen LogP contribution in [-0.2, 0) is 0 Å². The highest BCUT2D eigenvalue weighted by Gasteiger charge is 2.26. The highest BCUT2D eigenvalue weighted by Crippen LogP contribution is 2.31. The lowest BCUT2D eigenvalue weighted by Crippen LogP contribution is -2.37. The molecular formula is C18H24N6O2. The van der Waals surface area contributed by atoms with Gasteiger partial charge in [-0.1, -0.05) is 0 Å². The van der Waals surface area contributed by atoms with Crippen molar-refractivity contribution in [1.29, 1.82) is 0 Å². The van der Waals surface area contributed by atoms with Gasteiger partial charge in [0.2, 0.25) is 0 Å². The van der Waals surface area contributed by atoms with E-state index in [4.69, 9.17) is 0 Å². The van der Waals surface area contributed by atoms with Gasteiger partial charge in [-0.15, -0.1) is 0 Å². The van der Waals surface area contributed by atoms with Crippen molar-refractivity contribution in [3.8, 4) is 0 Å². The van der Waals surface area contributed by atoms with Crippen LogP contribution < -0.4 is 16.0 Å². The Hall–Kier alpha value is -2.90. The van der Waals surface area contributed by atoms with Crippen molar-refractivity contribution in [1.82, 2.24) is 25.8 Å². The molecular weight excluding hydrogens is 332 g/mol. The fourth-order valence-electron chi connectivity index (χ4n) is 3.21. The molecule has 8 heteroatoms. The average Bonchev–Trinajstić information content (AvgIpc) is 3.09. The Bertz CT molecular complexity index is 762. The molecule has 4 N–H and O–H groups in total. The molecule has 1 aromatic heterocycles. The minimum absolute atomic E-state index is 0.0892. The summed E-state index contributed by atoms with van der Waals surface area (Å²) < 4.78 is 0. The molecule has 138 valence electrons. The van der Waals surface area contributed by atoms with E-state index in [9.17, 15) is 9.59 Å². The summed E-state index contributed by atoms with van der Waals surface area (Å²) in [6.07, 6.45) is 3.77. The number of aromatic nitrogens is 3. The smallest absolute Gasteiger partial charge is 0.318 e. The second-order valence-corrected chi connectivity index (χ2v) is 6.58. The normalized spacial score (nSPS) is 19.6. The third-order valence-corrected chi connectivity index (χ3v) is 4.67. The van der Waals surface area contributed by atoms with Gasteiger partial charge in [0.05, 0.1) is 0 Å². The molecule has 1 aliphatic carbocycles. The highest BCUT2D eigenvalue weighted by molar-refractivity contribution is 5.95.